The van der Waals surface area contributed by atoms with E-state index in [4.69, 9.17) is 4.74 Å². The van der Waals surface area contributed by atoms with E-state index in [0.717, 1.165) is 4.47 Å². The Morgan fingerprint density at radius 3 is 2.57 bits per heavy atom. The van der Waals surface area contributed by atoms with Gasteiger partial charge in [0.1, 0.15) is 11.6 Å². The molecule has 1 heterocycles. The van der Waals surface area contributed by atoms with Crippen LogP contribution in [0.15, 0.2) is 50.8 Å². The SMILES string of the molecule is CC(C)Oc1ccc([N+](=O)[O-])cc1C=Nn1c(C(C)C)nc2ccc(Br)cc2c1=O. The zero-order valence-corrected chi connectivity index (χ0v) is 18.6. The number of fused-ring (bicyclic) bond motifs is 1. The molecule has 0 atom stereocenters. The topological polar surface area (TPSA) is 99.6 Å². The van der Waals surface area contributed by atoms with Gasteiger partial charge in [-0.1, -0.05) is 29.8 Å². The highest BCUT2D eigenvalue weighted by Crippen LogP contribution is 2.24. The van der Waals surface area contributed by atoms with Crippen LogP contribution in [-0.4, -0.2) is 26.9 Å². The minimum absolute atomic E-state index is 0.0700. The van der Waals surface area contributed by atoms with E-state index < -0.39 is 4.92 Å². The van der Waals surface area contributed by atoms with E-state index in [1.807, 2.05) is 33.8 Å². The number of aromatic nitrogens is 2. The number of non-ortho nitro benzene ring substituents is 1. The molecule has 156 valence electrons. The van der Waals surface area contributed by atoms with E-state index in [9.17, 15) is 14.9 Å². The molecule has 1 aromatic heterocycles. The number of halogens is 1. The van der Waals surface area contributed by atoms with Crippen LogP contribution in [0.2, 0.25) is 0 Å². The van der Waals surface area contributed by atoms with Gasteiger partial charge >= 0.3 is 0 Å². The van der Waals surface area contributed by atoms with Gasteiger partial charge < -0.3 is 4.74 Å². The van der Waals surface area contributed by atoms with Crippen LogP contribution in [0.1, 0.15) is 45.0 Å². The van der Waals surface area contributed by atoms with Gasteiger partial charge in [-0.25, -0.2) is 4.98 Å². The third kappa shape index (κ3) is 4.56. The first-order valence-corrected chi connectivity index (χ1v) is 10.2. The summed E-state index contributed by atoms with van der Waals surface area (Å²) in [5.41, 5.74) is 0.564. The average molecular weight is 473 g/mol. The Morgan fingerprint density at radius 2 is 1.93 bits per heavy atom. The first-order chi connectivity index (χ1) is 14.2. The summed E-state index contributed by atoms with van der Waals surface area (Å²) in [6.45, 7) is 7.54. The number of ether oxygens (including phenoxy) is 1. The van der Waals surface area contributed by atoms with Crippen molar-refractivity contribution in [1.82, 2.24) is 9.66 Å². The molecular weight excluding hydrogens is 452 g/mol. The van der Waals surface area contributed by atoms with Gasteiger partial charge in [-0.05, 0) is 38.1 Å². The summed E-state index contributed by atoms with van der Waals surface area (Å²) in [4.78, 5) is 28.4. The Kier molecular flexibility index (Phi) is 6.31. The first-order valence-electron chi connectivity index (χ1n) is 9.39. The molecule has 0 spiro atoms. The standard InChI is InChI=1S/C21H21BrN4O4/c1-12(2)20-24-18-7-5-15(22)10-17(18)21(27)25(20)23-11-14-9-16(26(28)29)6-8-19(14)30-13(3)4/h5-13H,1-4H3. The Morgan fingerprint density at radius 1 is 1.20 bits per heavy atom. The van der Waals surface area contributed by atoms with E-state index in [-0.39, 0.29) is 23.3 Å². The second-order valence-electron chi connectivity index (χ2n) is 7.29. The maximum absolute atomic E-state index is 13.1. The van der Waals surface area contributed by atoms with Crippen LogP contribution < -0.4 is 10.3 Å². The molecule has 0 saturated carbocycles. The van der Waals surface area contributed by atoms with Crippen LogP contribution in [0.25, 0.3) is 10.9 Å². The molecular formula is C21H21BrN4O4. The van der Waals surface area contributed by atoms with Crippen molar-refractivity contribution >= 4 is 38.7 Å². The smallest absolute Gasteiger partial charge is 0.282 e. The maximum atomic E-state index is 13.1. The quantitative estimate of drug-likeness (QED) is 0.289. The van der Waals surface area contributed by atoms with Gasteiger partial charge in [-0.2, -0.15) is 9.78 Å². The molecule has 0 bridgehead atoms. The molecule has 0 aliphatic rings. The van der Waals surface area contributed by atoms with E-state index in [1.165, 1.54) is 29.1 Å². The largest absolute Gasteiger partial charge is 0.490 e. The molecule has 9 heteroatoms. The molecule has 0 aliphatic heterocycles. The lowest BCUT2D eigenvalue weighted by atomic mass is 10.2. The number of benzene rings is 2. The molecule has 0 radical (unpaired) electrons. The van der Waals surface area contributed by atoms with Crippen molar-refractivity contribution < 1.29 is 9.66 Å². The molecule has 0 saturated heterocycles. The zero-order chi connectivity index (χ0) is 22.0. The minimum atomic E-state index is -0.489. The number of hydrogen-bond donors (Lipinski definition) is 0. The number of rotatable bonds is 6. The van der Waals surface area contributed by atoms with E-state index in [1.54, 1.807) is 12.1 Å². The summed E-state index contributed by atoms with van der Waals surface area (Å²) in [5, 5.41) is 16.0. The van der Waals surface area contributed by atoms with E-state index in [2.05, 4.69) is 26.0 Å². The van der Waals surface area contributed by atoms with Gasteiger partial charge in [0.25, 0.3) is 11.2 Å². The second-order valence-corrected chi connectivity index (χ2v) is 8.21. The fourth-order valence-corrected chi connectivity index (χ4v) is 3.24. The van der Waals surface area contributed by atoms with Crippen molar-refractivity contribution in [2.75, 3.05) is 0 Å². The fraction of sp³-hybridized carbons (Fsp3) is 0.286. The highest BCUT2D eigenvalue weighted by Gasteiger charge is 2.15. The van der Waals surface area contributed by atoms with Crippen molar-refractivity contribution in [3.63, 3.8) is 0 Å². The van der Waals surface area contributed by atoms with Crippen LogP contribution in [0.3, 0.4) is 0 Å². The number of nitro benzene ring substituents is 1. The molecule has 0 unspecified atom stereocenters. The highest BCUT2D eigenvalue weighted by molar-refractivity contribution is 9.10. The molecule has 0 fully saturated rings. The molecule has 0 amide bonds. The monoisotopic (exact) mass is 472 g/mol. The minimum Gasteiger partial charge on any atom is -0.490 e. The van der Waals surface area contributed by atoms with Crippen LogP contribution >= 0.6 is 15.9 Å². The molecule has 3 aromatic rings. The Labute approximate surface area is 181 Å². The predicted octanol–water partition coefficient (Wildman–Crippen LogP) is 4.86. The van der Waals surface area contributed by atoms with Crippen molar-refractivity contribution in [3.8, 4) is 5.75 Å². The lowest BCUT2D eigenvalue weighted by Gasteiger charge is -2.13. The molecule has 30 heavy (non-hydrogen) atoms. The second kappa shape index (κ2) is 8.74. The third-order valence-corrected chi connectivity index (χ3v) is 4.72. The first kappa shape index (κ1) is 21.6. The summed E-state index contributed by atoms with van der Waals surface area (Å²) in [5.74, 6) is 0.859. The number of nitrogens with zero attached hydrogens (tertiary/aromatic N) is 4. The van der Waals surface area contributed by atoms with E-state index >= 15 is 0 Å². The highest BCUT2D eigenvalue weighted by atomic mass is 79.9. The zero-order valence-electron chi connectivity index (χ0n) is 17.0. The normalized spacial score (nSPS) is 11.7. The average Bonchev–Trinajstić information content (AvgIpc) is 2.67. The Hall–Kier alpha value is -3.07. The Bertz CT molecular complexity index is 1200. The Balaban J connectivity index is 2.19. The molecule has 0 aliphatic carbocycles. The van der Waals surface area contributed by atoms with Crippen LogP contribution in [0, 0.1) is 10.1 Å². The lowest BCUT2D eigenvalue weighted by molar-refractivity contribution is -0.384. The van der Waals surface area contributed by atoms with Gasteiger partial charge in [-0.15, -0.1) is 0 Å². The molecule has 8 nitrogen and oxygen atoms in total. The van der Waals surface area contributed by atoms with Crippen molar-refractivity contribution in [3.05, 3.63) is 72.7 Å². The predicted molar refractivity (Wildman–Crippen MR) is 120 cm³/mol. The molecule has 0 N–H and O–H groups in total. The summed E-state index contributed by atoms with van der Waals surface area (Å²) in [6.07, 6.45) is 1.26. The van der Waals surface area contributed by atoms with E-state index in [0.29, 0.717) is 28.0 Å². The lowest BCUT2D eigenvalue weighted by Crippen LogP contribution is -2.23. The van der Waals surface area contributed by atoms with Gasteiger partial charge in [0.05, 0.1) is 28.1 Å². The fourth-order valence-electron chi connectivity index (χ4n) is 2.88. The molecule has 2 aromatic carbocycles. The van der Waals surface area contributed by atoms with Gasteiger partial charge in [0, 0.05) is 28.1 Å². The maximum Gasteiger partial charge on any atom is 0.282 e. The van der Waals surface area contributed by atoms with Crippen LogP contribution in [0.4, 0.5) is 5.69 Å². The summed E-state index contributed by atoms with van der Waals surface area (Å²) < 4.78 is 7.73. The van der Waals surface area contributed by atoms with Gasteiger partial charge in [0.2, 0.25) is 0 Å². The number of hydrogen-bond acceptors (Lipinski definition) is 6. The summed E-state index contributed by atoms with van der Waals surface area (Å²) in [6, 6.07) is 9.56. The van der Waals surface area contributed by atoms with Crippen LogP contribution in [-0.2, 0) is 0 Å². The van der Waals surface area contributed by atoms with Gasteiger partial charge in [0.15, 0.2) is 0 Å². The summed E-state index contributed by atoms with van der Waals surface area (Å²) >= 11 is 3.37. The third-order valence-electron chi connectivity index (χ3n) is 4.23. The van der Waals surface area contributed by atoms with Crippen molar-refractivity contribution in [2.24, 2.45) is 5.10 Å². The molecule has 3 rings (SSSR count). The van der Waals surface area contributed by atoms with Gasteiger partial charge in [-0.3, -0.25) is 14.9 Å². The summed E-state index contributed by atoms with van der Waals surface area (Å²) in [7, 11) is 0. The number of nitro groups is 1. The van der Waals surface area contributed by atoms with Crippen molar-refractivity contribution in [2.45, 2.75) is 39.7 Å². The van der Waals surface area contributed by atoms with Crippen LogP contribution in [0.5, 0.6) is 5.75 Å². The van der Waals surface area contributed by atoms with Crippen molar-refractivity contribution in [1.29, 1.82) is 0 Å².